The molecular formula is C12H19NO3. The molecule has 1 atom stereocenters. The molecule has 16 heavy (non-hydrogen) atoms. The number of aliphatic carboxylic acids is 1. The number of furan rings is 1. The first-order valence-electron chi connectivity index (χ1n) is 5.41. The van der Waals surface area contributed by atoms with Crippen LogP contribution >= 0.6 is 0 Å². The monoisotopic (exact) mass is 225 g/mol. The van der Waals surface area contributed by atoms with Gasteiger partial charge in [-0.3, -0.25) is 9.69 Å². The molecule has 4 heteroatoms. The number of nitrogens with zero attached hydrogens (tertiary/aromatic N) is 1. The van der Waals surface area contributed by atoms with Crippen LogP contribution in [0.4, 0.5) is 0 Å². The summed E-state index contributed by atoms with van der Waals surface area (Å²) in [6.07, 6.45) is 2.42. The van der Waals surface area contributed by atoms with Gasteiger partial charge in [0.05, 0.1) is 12.3 Å². The molecule has 0 spiro atoms. The maximum Gasteiger partial charge on any atom is 0.323 e. The van der Waals surface area contributed by atoms with Gasteiger partial charge in [0.15, 0.2) is 0 Å². The highest BCUT2D eigenvalue weighted by molar-refractivity contribution is 5.77. The van der Waals surface area contributed by atoms with E-state index in [1.54, 1.807) is 20.1 Å². The summed E-state index contributed by atoms with van der Waals surface area (Å²) in [6.45, 7) is 5.41. The molecule has 1 aromatic rings. The third-order valence-corrected chi connectivity index (χ3v) is 3.13. The van der Waals surface area contributed by atoms with Crippen molar-refractivity contribution in [1.82, 2.24) is 4.90 Å². The number of carboxylic acid groups (broad SMARTS) is 1. The van der Waals surface area contributed by atoms with Gasteiger partial charge in [-0.25, -0.2) is 0 Å². The van der Waals surface area contributed by atoms with Gasteiger partial charge in [0.2, 0.25) is 0 Å². The van der Waals surface area contributed by atoms with Gasteiger partial charge in [-0.1, -0.05) is 6.92 Å². The molecule has 0 saturated carbocycles. The molecule has 0 bridgehead atoms. The Balaban J connectivity index is 2.94. The molecule has 1 aromatic heterocycles. The lowest BCUT2D eigenvalue weighted by Gasteiger charge is -2.36. The molecule has 0 aliphatic carbocycles. The lowest BCUT2D eigenvalue weighted by atomic mass is 9.99. The van der Waals surface area contributed by atoms with Crippen LogP contribution in [0.1, 0.15) is 39.0 Å². The molecule has 0 saturated heterocycles. The molecule has 0 aliphatic heterocycles. The third-order valence-electron chi connectivity index (χ3n) is 3.13. The normalized spacial score (nSPS) is 14.1. The van der Waals surface area contributed by atoms with Crippen molar-refractivity contribution in [2.24, 2.45) is 0 Å². The zero-order valence-corrected chi connectivity index (χ0v) is 10.2. The van der Waals surface area contributed by atoms with Gasteiger partial charge in [0.1, 0.15) is 11.3 Å². The van der Waals surface area contributed by atoms with Gasteiger partial charge in [0, 0.05) is 0 Å². The largest absolute Gasteiger partial charge is 0.480 e. The van der Waals surface area contributed by atoms with Crippen LogP contribution in [0.5, 0.6) is 0 Å². The number of carbonyl (C=O) groups is 1. The van der Waals surface area contributed by atoms with Crippen molar-refractivity contribution in [1.29, 1.82) is 0 Å². The Kier molecular flexibility index (Phi) is 3.75. The first-order valence-corrected chi connectivity index (χ1v) is 5.41. The molecule has 1 N–H and O–H groups in total. The van der Waals surface area contributed by atoms with Crippen molar-refractivity contribution in [2.45, 2.75) is 38.8 Å². The van der Waals surface area contributed by atoms with Crippen LogP contribution in [-0.2, 0) is 4.79 Å². The molecule has 1 unspecified atom stereocenters. The highest BCUT2D eigenvalue weighted by atomic mass is 16.4. The number of hydrogen-bond acceptors (Lipinski definition) is 3. The minimum absolute atomic E-state index is 0.0129. The third kappa shape index (κ3) is 2.27. The van der Waals surface area contributed by atoms with E-state index in [-0.39, 0.29) is 6.04 Å². The minimum Gasteiger partial charge on any atom is -0.480 e. The van der Waals surface area contributed by atoms with E-state index in [1.807, 2.05) is 31.0 Å². The van der Waals surface area contributed by atoms with Gasteiger partial charge in [-0.05, 0) is 39.4 Å². The summed E-state index contributed by atoms with van der Waals surface area (Å²) in [7, 11) is 1.81. The first kappa shape index (κ1) is 12.8. The van der Waals surface area contributed by atoms with Crippen molar-refractivity contribution in [3.63, 3.8) is 0 Å². The fraction of sp³-hybridized carbons (Fsp3) is 0.583. The molecule has 0 radical (unpaired) electrons. The van der Waals surface area contributed by atoms with E-state index in [0.717, 1.165) is 12.2 Å². The number of carboxylic acids is 1. The number of likely N-dealkylation sites (N-methyl/N-ethyl adjacent to an activating group) is 1. The van der Waals surface area contributed by atoms with Crippen molar-refractivity contribution in [3.8, 4) is 0 Å². The van der Waals surface area contributed by atoms with Crippen LogP contribution < -0.4 is 0 Å². The van der Waals surface area contributed by atoms with Crippen LogP contribution in [0.25, 0.3) is 0 Å². The van der Waals surface area contributed by atoms with Gasteiger partial charge >= 0.3 is 5.97 Å². The lowest BCUT2D eigenvalue weighted by molar-refractivity contribution is -0.150. The van der Waals surface area contributed by atoms with E-state index in [9.17, 15) is 9.90 Å². The molecule has 0 aromatic carbocycles. The summed E-state index contributed by atoms with van der Waals surface area (Å²) < 4.78 is 5.35. The van der Waals surface area contributed by atoms with Crippen LogP contribution in [0.2, 0.25) is 0 Å². The van der Waals surface area contributed by atoms with Gasteiger partial charge in [-0.2, -0.15) is 0 Å². The van der Waals surface area contributed by atoms with Gasteiger partial charge in [-0.15, -0.1) is 0 Å². The second-order valence-electron chi connectivity index (χ2n) is 4.41. The predicted octanol–water partition coefficient (Wildman–Crippen LogP) is 2.53. The molecule has 0 amide bonds. The molecule has 4 nitrogen and oxygen atoms in total. The van der Waals surface area contributed by atoms with E-state index in [4.69, 9.17) is 4.42 Å². The Morgan fingerprint density at radius 3 is 2.62 bits per heavy atom. The number of hydrogen-bond donors (Lipinski definition) is 1. The van der Waals surface area contributed by atoms with E-state index in [1.165, 1.54) is 0 Å². The summed E-state index contributed by atoms with van der Waals surface area (Å²) in [5, 5.41) is 9.18. The summed E-state index contributed by atoms with van der Waals surface area (Å²) in [5.74, 6) is -0.0284. The second-order valence-corrected chi connectivity index (χ2v) is 4.41. The topological polar surface area (TPSA) is 53.7 Å². The van der Waals surface area contributed by atoms with E-state index in [0.29, 0.717) is 0 Å². The van der Waals surface area contributed by atoms with Gasteiger partial charge in [0.25, 0.3) is 0 Å². The van der Waals surface area contributed by atoms with Crippen LogP contribution in [0.3, 0.4) is 0 Å². The maximum absolute atomic E-state index is 11.2. The summed E-state index contributed by atoms with van der Waals surface area (Å²) in [4.78, 5) is 13.0. The SMILES string of the molecule is CCC(c1ccco1)N(C)C(C)(C)C(=O)O. The average Bonchev–Trinajstić information content (AvgIpc) is 2.71. The minimum atomic E-state index is -0.909. The van der Waals surface area contributed by atoms with Crippen molar-refractivity contribution in [3.05, 3.63) is 24.2 Å². The first-order chi connectivity index (χ1) is 7.41. The Morgan fingerprint density at radius 2 is 2.25 bits per heavy atom. The molecule has 0 aliphatic rings. The van der Waals surface area contributed by atoms with Gasteiger partial charge < -0.3 is 9.52 Å². The summed E-state index contributed by atoms with van der Waals surface area (Å²) in [5.41, 5.74) is -0.909. The Bertz CT molecular complexity index is 343. The molecule has 1 heterocycles. The van der Waals surface area contributed by atoms with E-state index >= 15 is 0 Å². The zero-order valence-electron chi connectivity index (χ0n) is 10.2. The average molecular weight is 225 g/mol. The van der Waals surface area contributed by atoms with Crippen molar-refractivity contribution < 1.29 is 14.3 Å². The van der Waals surface area contributed by atoms with Crippen molar-refractivity contribution in [2.75, 3.05) is 7.05 Å². The Morgan fingerprint density at radius 1 is 1.62 bits per heavy atom. The fourth-order valence-electron chi connectivity index (χ4n) is 1.69. The van der Waals surface area contributed by atoms with E-state index < -0.39 is 11.5 Å². The Labute approximate surface area is 95.9 Å². The Hall–Kier alpha value is -1.29. The highest BCUT2D eigenvalue weighted by Crippen LogP contribution is 2.29. The van der Waals surface area contributed by atoms with Crippen LogP contribution in [0.15, 0.2) is 22.8 Å². The highest BCUT2D eigenvalue weighted by Gasteiger charge is 2.36. The standard InChI is InChI=1S/C12H19NO3/c1-5-9(10-7-6-8-16-10)13(4)12(2,3)11(14)15/h6-9H,5H2,1-4H3,(H,14,15). The lowest BCUT2D eigenvalue weighted by Crippen LogP contribution is -2.49. The van der Waals surface area contributed by atoms with E-state index in [2.05, 4.69) is 0 Å². The zero-order chi connectivity index (χ0) is 12.3. The summed E-state index contributed by atoms with van der Waals surface area (Å²) in [6, 6.07) is 3.68. The number of rotatable bonds is 5. The second kappa shape index (κ2) is 4.70. The summed E-state index contributed by atoms with van der Waals surface area (Å²) >= 11 is 0. The molecule has 0 fully saturated rings. The maximum atomic E-state index is 11.2. The fourth-order valence-corrected chi connectivity index (χ4v) is 1.69. The van der Waals surface area contributed by atoms with Crippen LogP contribution in [-0.4, -0.2) is 28.6 Å². The molecule has 90 valence electrons. The molecule has 1 rings (SSSR count). The smallest absolute Gasteiger partial charge is 0.323 e. The van der Waals surface area contributed by atoms with Crippen LogP contribution in [0, 0.1) is 0 Å². The predicted molar refractivity (Wildman–Crippen MR) is 61.2 cm³/mol. The quantitative estimate of drug-likeness (QED) is 0.836. The van der Waals surface area contributed by atoms with Crippen molar-refractivity contribution >= 4 is 5.97 Å². The molecular weight excluding hydrogens is 206 g/mol.